The van der Waals surface area contributed by atoms with Crippen molar-refractivity contribution < 1.29 is 0 Å². The summed E-state index contributed by atoms with van der Waals surface area (Å²) in [6.07, 6.45) is 2.80. The molecule has 1 aliphatic heterocycles. The molecule has 0 unspecified atom stereocenters. The Balaban J connectivity index is 1.73. The third-order valence-electron chi connectivity index (χ3n) is 2.76. The van der Waals surface area contributed by atoms with Gasteiger partial charge in [0.25, 0.3) is 0 Å². The van der Waals surface area contributed by atoms with Crippen LogP contribution >= 0.6 is 0 Å². The highest BCUT2D eigenvalue weighted by molar-refractivity contribution is 4.89. The summed E-state index contributed by atoms with van der Waals surface area (Å²) < 4.78 is 0. The molecule has 0 amide bonds. The second-order valence-electron chi connectivity index (χ2n) is 3.70. The van der Waals surface area contributed by atoms with Crippen LogP contribution in [0.3, 0.4) is 0 Å². The van der Waals surface area contributed by atoms with Crippen molar-refractivity contribution in [2.45, 2.75) is 18.9 Å². The fraction of sp³-hybridized carbons (Fsp3) is 0.889. The molecular formula is C9H15N3. The first-order chi connectivity index (χ1) is 5.90. The fourth-order valence-electron chi connectivity index (χ4n) is 1.83. The standard InChI is InChI=1S/C9H15N3/c10-3-4-11-5-7-12(8-6-11)9-1-2-9/h9H,1-2,4-8H2. The Morgan fingerprint density at radius 3 is 2.33 bits per heavy atom. The molecule has 3 heteroatoms. The fourth-order valence-corrected chi connectivity index (χ4v) is 1.83. The lowest BCUT2D eigenvalue weighted by molar-refractivity contribution is 0.137. The van der Waals surface area contributed by atoms with E-state index >= 15 is 0 Å². The lowest BCUT2D eigenvalue weighted by atomic mass is 10.3. The van der Waals surface area contributed by atoms with Gasteiger partial charge in [0.05, 0.1) is 12.6 Å². The highest BCUT2D eigenvalue weighted by atomic mass is 15.3. The van der Waals surface area contributed by atoms with Gasteiger partial charge in [-0.05, 0) is 12.8 Å². The summed E-state index contributed by atoms with van der Waals surface area (Å²) in [6, 6.07) is 3.10. The van der Waals surface area contributed by atoms with Gasteiger partial charge in [0, 0.05) is 32.2 Å². The quantitative estimate of drug-likeness (QED) is 0.551. The number of nitriles is 1. The zero-order valence-electron chi connectivity index (χ0n) is 7.37. The minimum Gasteiger partial charge on any atom is -0.298 e. The third-order valence-corrected chi connectivity index (χ3v) is 2.76. The molecule has 2 aliphatic rings. The van der Waals surface area contributed by atoms with Gasteiger partial charge in [-0.25, -0.2) is 0 Å². The van der Waals surface area contributed by atoms with E-state index in [0.717, 1.165) is 19.1 Å². The Morgan fingerprint density at radius 2 is 1.83 bits per heavy atom. The molecule has 2 fully saturated rings. The van der Waals surface area contributed by atoms with E-state index in [1.54, 1.807) is 0 Å². The van der Waals surface area contributed by atoms with Crippen LogP contribution in [0.15, 0.2) is 0 Å². The summed E-state index contributed by atoms with van der Waals surface area (Å²) in [5, 5.41) is 8.50. The van der Waals surface area contributed by atoms with Crippen molar-refractivity contribution in [3.05, 3.63) is 0 Å². The van der Waals surface area contributed by atoms with Gasteiger partial charge in [-0.1, -0.05) is 0 Å². The molecule has 66 valence electrons. The number of hydrogen-bond acceptors (Lipinski definition) is 3. The number of rotatable bonds is 2. The number of nitrogens with zero attached hydrogens (tertiary/aromatic N) is 3. The Hall–Kier alpha value is -0.590. The molecule has 2 rings (SSSR count). The topological polar surface area (TPSA) is 30.3 Å². The van der Waals surface area contributed by atoms with Crippen molar-refractivity contribution in [2.24, 2.45) is 0 Å². The Bertz CT molecular complexity index is 184. The van der Waals surface area contributed by atoms with E-state index in [1.165, 1.54) is 25.9 Å². The van der Waals surface area contributed by atoms with Crippen molar-refractivity contribution in [3.63, 3.8) is 0 Å². The van der Waals surface area contributed by atoms with Crippen LogP contribution in [-0.4, -0.2) is 48.6 Å². The molecule has 1 heterocycles. The SMILES string of the molecule is N#CCN1CCN(C2CC2)CC1. The van der Waals surface area contributed by atoms with E-state index in [9.17, 15) is 0 Å². The lowest BCUT2D eigenvalue weighted by Gasteiger charge is -2.33. The summed E-state index contributed by atoms with van der Waals surface area (Å²) in [7, 11) is 0. The average molecular weight is 165 g/mol. The van der Waals surface area contributed by atoms with E-state index in [4.69, 9.17) is 5.26 Å². The van der Waals surface area contributed by atoms with Crippen LogP contribution < -0.4 is 0 Å². The molecule has 1 aliphatic carbocycles. The van der Waals surface area contributed by atoms with E-state index < -0.39 is 0 Å². The molecule has 0 N–H and O–H groups in total. The summed E-state index contributed by atoms with van der Waals surface area (Å²) >= 11 is 0. The molecule has 0 atom stereocenters. The molecular weight excluding hydrogens is 150 g/mol. The minimum atomic E-state index is 0.610. The first-order valence-corrected chi connectivity index (χ1v) is 4.73. The maximum atomic E-state index is 8.50. The van der Waals surface area contributed by atoms with Crippen molar-refractivity contribution >= 4 is 0 Å². The normalized spacial score (nSPS) is 26.9. The van der Waals surface area contributed by atoms with E-state index in [2.05, 4.69) is 15.9 Å². The van der Waals surface area contributed by atoms with Gasteiger partial charge in [-0.15, -0.1) is 0 Å². The van der Waals surface area contributed by atoms with Crippen molar-refractivity contribution in [2.75, 3.05) is 32.7 Å². The lowest BCUT2D eigenvalue weighted by Crippen LogP contribution is -2.47. The predicted molar refractivity (Wildman–Crippen MR) is 46.6 cm³/mol. The summed E-state index contributed by atoms with van der Waals surface area (Å²) in [6.45, 7) is 5.13. The highest BCUT2D eigenvalue weighted by Crippen LogP contribution is 2.27. The zero-order valence-corrected chi connectivity index (χ0v) is 7.37. The second-order valence-corrected chi connectivity index (χ2v) is 3.70. The Kier molecular flexibility index (Phi) is 2.29. The maximum Gasteiger partial charge on any atom is 0.0866 e. The van der Waals surface area contributed by atoms with Crippen LogP contribution in [0.4, 0.5) is 0 Å². The van der Waals surface area contributed by atoms with Gasteiger partial charge in [-0.3, -0.25) is 9.80 Å². The number of hydrogen-bond donors (Lipinski definition) is 0. The molecule has 0 aromatic heterocycles. The molecule has 1 saturated carbocycles. The van der Waals surface area contributed by atoms with E-state index in [0.29, 0.717) is 6.54 Å². The van der Waals surface area contributed by atoms with Crippen LogP contribution in [0.2, 0.25) is 0 Å². The number of piperazine rings is 1. The third kappa shape index (κ3) is 1.77. The molecule has 0 aromatic carbocycles. The first-order valence-electron chi connectivity index (χ1n) is 4.73. The smallest absolute Gasteiger partial charge is 0.0866 e. The summed E-state index contributed by atoms with van der Waals surface area (Å²) in [4.78, 5) is 4.80. The van der Waals surface area contributed by atoms with Crippen molar-refractivity contribution in [3.8, 4) is 6.07 Å². The predicted octanol–water partition coefficient (Wildman–Crippen LogP) is 0.290. The van der Waals surface area contributed by atoms with Crippen LogP contribution in [0.25, 0.3) is 0 Å². The van der Waals surface area contributed by atoms with Crippen molar-refractivity contribution in [1.29, 1.82) is 5.26 Å². The molecule has 0 aromatic rings. The van der Waals surface area contributed by atoms with Gasteiger partial charge >= 0.3 is 0 Å². The zero-order chi connectivity index (χ0) is 8.39. The van der Waals surface area contributed by atoms with Crippen molar-refractivity contribution in [1.82, 2.24) is 9.80 Å². The van der Waals surface area contributed by atoms with Gasteiger partial charge in [0.2, 0.25) is 0 Å². The van der Waals surface area contributed by atoms with Crippen LogP contribution in [0.5, 0.6) is 0 Å². The maximum absolute atomic E-state index is 8.50. The van der Waals surface area contributed by atoms with E-state index in [1.807, 2.05) is 0 Å². The summed E-state index contributed by atoms with van der Waals surface area (Å²) in [5.41, 5.74) is 0. The molecule has 12 heavy (non-hydrogen) atoms. The molecule has 0 bridgehead atoms. The molecule has 1 saturated heterocycles. The monoisotopic (exact) mass is 165 g/mol. The Morgan fingerprint density at radius 1 is 1.17 bits per heavy atom. The largest absolute Gasteiger partial charge is 0.298 e. The summed E-state index contributed by atoms with van der Waals surface area (Å²) in [5.74, 6) is 0. The van der Waals surface area contributed by atoms with Crippen LogP contribution in [0.1, 0.15) is 12.8 Å². The molecule has 0 spiro atoms. The van der Waals surface area contributed by atoms with Crippen LogP contribution in [-0.2, 0) is 0 Å². The minimum absolute atomic E-state index is 0.610. The van der Waals surface area contributed by atoms with Gasteiger partial charge < -0.3 is 0 Å². The Labute approximate surface area is 73.6 Å². The molecule has 0 radical (unpaired) electrons. The second kappa shape index (κ2) is 3.42. The van der Waals surface area contributed by atoms with E-state index in [-0.39, 0.29) is 0 Å². The molecule has 3 nitrogen and oxygen atoms in total. The average Bonchev–Trinajstić information content (AvgIpc) is 2.89. The van der Waals surface area contributed by atoms with Gasteiger partial charge in [0.1, 0.15) is 0 Å². The van der Waals surface area contributed by atoms with Gasteiger partial charge in [-0.2, -0.15) is 5.26 Å². The first kappa shape index (κ1) is 8.03. The van der Waals surface area contributed by atoms with Crippen LogP contribution in [0, 0.1) is 11.3 Å². The highest BCUT2D eigenvalue weighted by Gasteiger charge is 2.30. The van der Waals surface area contributed by atoms with Gasteiger partial charge in [0.15, 0.2) is 0 Å².